The third-order valence-electron chi connectivity index (χ3n) is 4.94. The fourth-order valence-electron chi connectivity index (χ4n) is 3.36. The lowest BCUT2D eigenvalue weighted by Gasteiger charge is -2.10. The van der Waals surface area contributed by atoms with E-state index in [1.165, 1.54) is 0 Å². The summed E-state index contributed by atoms with van der Waals surface area (Å²) in [5, 5.41) is 3.73. The predicted octanol–water partition coefficient (Wildman–Crippen LogP) is 5.02. The highest BCUT2D eigenvalue weighted by Gasteiger charge is 2.12. The summed E-state index contributed by atoms with van der Waals surface area (Å²) in [6.07, 6.45) is 0.653. The minimum atomic E-state index is -0.0645. The molecule has 4 aromatic rings. The molecule has 0 unspecified atom stereocenters. The molecule has 0 aliphatic rings. The van der Waals surface area contributed by atoms with Crippen molar-refractivity contribution in [1.82, 2.24) is 14.9 Å². The molecule has 3 aromatic carbocycles. The first-order valence-corrected chi connectivity index (χ1v) is 10.0. The molecule has 1 N–H and O–H groups in total. The average molecular weight is 404 g/mol. The Morgan fingerprint density at radius 3 is 2.48 bits per heavy atom. The van der Waals surface area contributed by atoms with Gasteiger partial charge in [0.25, 0.3) is 5.91 Å². The maximum atomic E-state index is 12.4. The highest BCUT2D eigenvalue weighted by atomic mass is 35.5. The van der Waals surface area contributed by atoms with Crippen LogP contribution in [0.25, 0.3) is 11.0 Å². The van der Waals surface area contributed by atoms with Crippen molar-refractivity contribution in [2.75, 3.05) is 6.54 Å². The first-order chi connectivity index (χ1) is 14.1. The fraction of sp³-hybridized carbons (Fsp3) is 0.167. The number of nitrogens with zero attached hydrogens (tertiary/aromatic N) is 2. The number of para-hydroxylation sites is 2. The molecule has 0 aliphatic carbocycles. The molecule has 0 fully saturated rings. The van der Waals surface area contributed by atoms with Crippen LogP contribution in [0.3, 0.4) is 0 Å². The number of amides is 1. The Hall–Kier alpha value is -3.11. The molecule has 0 atom stereocenters. The van der Waals surface area contributed by atoms with Crippen molar-refractivity contribution in [3.05, 3.63) is 100 Å². The van der Waals surface area contributed by atoms with Crippen LogP contribution in [0.2, 0.25) is 5.02 Å². The summed E-state index contributed by atoms with van der Waals surface area (Å²) in [5.41, 5.74) is 5.01. The molecular formula is C24H22ClN3O. The Labute approximate surface area is 175 Å². The van der Waals surface area contributed by atoms with Gasteiger partial charge in [0.2, 0.25) is 0 Å². The number of imidazole rings is 1. The molecule has 29 heavy (non-hydrogen) atoms. The van der Waals surface area contributed by atoms with Gasteiger partial charge in [-0.3, -0.25) is 4.79 Å². The number of carbonyl (C=O) groups excluding carboxylic acids is 1. The van der Waals surface area contributed by atoms with Crippen LogP contribution in [0.4, 0.5) is 0 Å². The number of benzene rings is 3. The van der Waals surface area contributed by atoms with Gasteiger partial charge in [0, 0.05) is 30.1 Å². The SMILES string of the molecule is Cc1ccc(C(=O)NCCc2nc3ccccc3n2Cc2ccc(Cl)cc2)cc1. The van der Waals surface area contributed by atoms with E-state index < -0.39 is 0 Å². The van der Waals surface area contributed by atoms with E-state index in [-0.39, 0.29) is 5.91 Å². The lowest BCUT2D eigenvalue weighted by Crippen LogP contribution is -2.26. The van der Waals surface area contributed by atoms with Crippen LogP contribution in [0.1, 0.15) is 27.3 Å². The van der Waals surface area contributed by atoms with Gasteiger partial charge < -0.3 is 9.88 Å². The second kappa shape index (κ2) is 8.50. The standard InChI is InChI=1S/C24H22ClN3O/c1-17-6-10-19(11-7-17)24(29)26-15-14-23-27-21-4-2-3-5-22(21)28(23)16-18-8-12-20(25)13-9-18/h2-13H,14-16H2,1H3,(H,26,29). The maximum Gasteiger partial charge on any atom is 0.251 e. The summed E-state index contributed by atoms with van der Waals surface area (Å²) in [7, 11) is 0. The molecule has 1 aromatic heterocycles. The molecule has 0 aliphatic heterocycles. The zero-order valence-electron chi connectivity index (χ0n) is 16.2. The quantitative estimate of drug-likeness (QED) is 0.491. The van der Waals surface area contributed by atoms with E-state index in [4.69, 9.17) is 16.6 Å². The molecule has 1 amide bonds. The van der Waals surface area contributed by atoms with E-state index in [2.05, 4.69) is 16.0 Å². The summed E-state index contributed by atoms with van der Waals surface area (Å²) in [6, 6.07) is 23.5. The van der Waals surface area contributed by atoms with Gasteiger partial charge in [0.1, 0.15) is 5.82 Å². The molecular weight excluding hydrogens is 382 g/mol. The van der Waals surface area contributed by atoms with Crippen LogP contribution < -0.4 is 5.32 Å². The molecule has 1 heterocycles. The minimum absolute atomic E-state index is 0.0645. The van der Waals surface area contributed by atoms with Crippen LogP contribution >= 0.6 is 11.6 Å². The number of rotatable bonds is 6. The summed E-state index contributed by atoms with van der Waals surface area (Å²) >= 11 is 6.02. The Bertz CT molecular complexity index is 1130. The molecule has 0 spiro atoms. The average Bonchev–Trinajstić information content (AvgIpc) is 3.07. The first-order valence-electron chi connectivity index (χ1n) is 9.63. The summed E-state index contributed by atoms with van der Waals surface area (Å²) in [6.45, 7) is 3.24. The van der Waals surface area contributed by atoms with Crippen LogP contribution in [0.5, 0.6) is 0 Å². The minimum Gasteiger partial charge on any atom is -0.352 e. The lowest BCUT2D eigenvalue weighted by molar-refractivity contribution is 0.0954. The third-order valence-corrected chi connectivity index (χ3v) is 5.19. The van der Waals surface area contributed by atoms with E-state index in [0.717, 1.165) is 33.0 Å². The van der Waals surface area contributed by atoms with Gasteiger partial charge in [0.15, 0.2) is 0 Å². The molecule has 146 valence electrons. The van der Waals surface area contributed by atoms with Gasteiger partial charge in [0.05, 0.1) is 11.0 Å². The van der Waals surface area contributed by atoms with Crippen molar-refractivity contribution >= 4 is 28.5 Å². The smallest absolute Gasteiger partial charge is 0.251 e. The predicted molar refractivity (Wildman–Crippen MR) is 118 cm³/mol. The second-order valence-electron chi connectivity index (χ2n) is 7.10. The maximum absolute atomic E-state index is 12.4. The van der Waals surface area contributed by atoms with Crippen molar-refractivity contribution in [3.8, 4) is 0 Å². The number of nitrogens with one attached hydrogen (secondary N) is 1. The normalized spacial score (nSPS) is 11.0. The number of fused-ring (bicyclic) bond motifs is 1. The molecule has 0 bridgehead atoms. The van der Waals surface area contributed by atoms with Crippen LogP contribution in [-0.4, -0.2) is 22.0 Å². The first kappa shape index (κ1) is 19.2. The van der Waals surface area contributed by atoms with Gasteiger partial charge in [-0.25, -0.2) is 4.98 Å². The van der Waals surface area contributed by atoms with Gasteiger partial charge in [-0.05, 0) is 48.9 Å². The van der Waals surface area contributed by atoms with Crippen molar-refractivity contribution in [2.45, 2.75) is 19.9 Å². The molecule has 5 heteroatoms. The van der Waals surface area contributed by atoms with Crippen molar-refractivity contribution < 1.29 is 4.79 Å². The second-order valence-corrected chi connectivity index (χ2v) is 7.54. The third kappa shape index (κ3) is 4.49. The van der Waals surface area contributed by atoms with Crippen molar-refractivity contribution in [1.29, 1.82) is 0 Å². The Balaban J connectivity index is 1.51. The molecule has 0 saturated heterocycles. The summed E-state index contributed by atoms with van der Waals surface area (Å²) < 4.78 is 2.20. The van der Waals surface area contributed by atoms with Crippen LogP contribution in [-0.2, 0) is 13.0 Å². The molecule has 0 radical (unpaired) electrons. The zero-order chi connectivity index (χ0) is 20.2. The van der Waals surface area contributed by atoms with Gasteiger partial charge >= 0.3 is 0 Å². The monoisotopic (exact) mass is 403 g/mol. The molecule has 4 nitrogen and oxygen atoms in total. The van der Waals surface area contributed by atoms with E-state index in [0.29, 0.717) is 25.1 Å². The zero-order valence-corrected chi connectivity index (χ0v) is 17.0. The summed E-state index contributed by atoms with van der Waals surface area (Å²) in [4.78, 5) is 17.2. The van der Waals surface area contributed by atoms with E-state index in [1.807, 2.05) is 73.7 Å². The Morgan fingerprint density at radius 1 is 1.00 bits per heavy atom. The Morgan fingerprint density at radius 2 is 1.72 bits per heavy atom. The molecule has 0 saturated carbocycles. The van der Waals surface area contributed by atoms with Crippen LogP contribution in [0.15, 0.2) is 72.8 Å². The van der Waals surface area contributed by atoms with E-state index >= 15 is 0 Å². The van der Waals surface area contributed by atoms with Gasteiger partial charge in [-0.2, -0.15) is 0 Å². The number of hydrogen-bond donors (Lipinski definition) is 1. The number of hydrogen-bond acceptors (Lipinski definition) is 2. The highest BCUT2D eigenvalue weighted by Crippen LogP contribution is 2.19. The highest BCUT2D eigenvalue weighted by molar-refractivity contribution is 6.30. The Kier molecular flexibility index (Phi) is 5.63. The molecule has 4 rings (SSSR count). The van der Waals surface area contributed by atoms with E-state index in [9.17, 15) is 4.79 Å². The topological polar surface area (TPSA) is 46.9 Å². The summed E-state index contributed by atoms with van der Waals surface area (Å²) in [5.74, 6) is 0.885. The number of carbonyl (C=O) groups is 1. The van der Waals surface area contributed by atoms with Crippen molar-refractivity contribution in [3.63, 3.8) is 0 Å². The van der Waals surface area contributed by atoms with E-state index in [1.54, 1.807) is 0 Å². The number of aryl methyl sites for hydroxylation is 1. The van der Waals surface area contributed by atoms with Crippen LogP contribution in [0, 0.1) is 6.92 Å². The largest absolute Gasteiger partial charge is 0.352 e. The van der Waals surface area contributed by atoms with Gasteiger partial charge in [-0.15, -0.1) is 0 Å². The lowest BCUT2D eigenvalue weighted by atomic mass is 10.1. The van der Waals surface area contributed by atoms with Crippen molar-refractivity contribution in [2.24, 2.45) is 0 Å². The number of halogens is 1. The number of aromatic nitrogens is 2. The fourth-order valence-corrected chi connectivity index (χ4v) is 3.49. The van der Waals surface area contributed by atoms with Gasteiger partial charge in [-0.1, -0.05) is 53.6 Å².